The van der Waals surface area contributed by atoms with Crippen molar-refractivity contribution in [1.82, 2.24) is 5.32 Å². The maximum Gasteiger partial charge on any atom is 0.120 e. The van der Waals surface area contributed by atoms with Crippen LogP contribution in [0.5, 0.6) is 5.75 Å². The molecule has 0 heterocycles. The topological polar surface area (TPSA) is 52.5 Å². The molecule has 0 saturated heterocycles. The van der Waals surface area contributed by atoms with Crippen LogP contribution in [-0.4, -0.2) is 22.9 Å². The third kappa shape index (κ3) is 3.24. The summed E-state index contributed by atoms with van der Waals surface area (Å²) in [6.07, 6.45) is 2.68. The van der Waals surface area contributed by atoms with Gasteiger partial charge in [0.05, 0.1) is 6.10 Å². The Morgan fingerprint density at radius 1 is 1.24 bits per heavy atom. The molecule has 0 saturated carbocycles. The molecule has 0 aliphatic heterocycles. The van der Waals surface area contributed by atoms with Crippen LogP contribution in [0.1, 0.15) is 68.7 Å². The van der Waals surface area contributed by atoms with Crippen LogP contribution in [0.2, 0.25) is 0 Å². The van der Waals surface area contributed by atoms with Crippen molar-refractivity contribution in [3.8, 4) is 5.75 Å². The van der Waals surface area contributed by atoms with Gasteiger partial charge in [-0.1, -0.05) is 39.7 Å². The summed E-state index contributed by atoms with van der Waals surface area (Å²) in [5.41, 5.74) is 3.57. The molecule has 1 aliphatic rings. The number of rotatable bonds is 6. The Morgan fingerprint density at radius 2 is 1.90 bits per heavy atom. The molecule has 2 rings (SSSR count). The van der Waals surface area contributed by atoms with Crippen LogP contribution in [-0.2, 0) is 0 Å². The van der Waals surface area contributed by atoms with Gasteiger partial charge in [-0.15, -0.1) is 0 Å². The smallest absolute Gasteiger partial charge is 0.120 e. The molecule has 0 spiro atoms. The van der Waals surface area contributed by atoms with E-state index in [0.29, 0.717) is 24.1 Å². The minimum absolute atomic E-state index is 0.152. The largest absolute Gasteiger partial charge is 0.508 e. The Bertz CT molecular complexity index is 482. The summed E-state index contributed by atoms with van der Waals surface area (Å²) in [5, 5.41) is 24.0. The number of benzene rings is 1. The molecule has 3 atom stereocenters. The predicted molar refractivity (Wildman–Crippen MR) is 86.7 cm³/mol. The predicted octanol–water partition coefficient (Wildman–Crippen LogP) is 3.64. The molecule has 0 fully saturated rings. The molecule has 3 nitrogen and oxygen atoms in total. The number of aryl methyl sites for hydroxylation is 1. The van der Waals surface area contributed by atoms with Crippen molar-refractivity contribution in [3.05, 3.63) is 28.8 Å². The molecule has 3 unspecified atom stereocenters. The number of aliphatic hydroxyl groups excluding tert-OH is 1. The van der Waals surface area contributed by atoms with Crippen molar-refractivity contribution in [1.29, 1.82) is 0 Å². The summed E-state index contributed by atoms with van der Waals surface area (Å²) in [5.74, 6) is 1.19. The average Bonchev–Trinajstić information content (AvgIpc) is 2.80. The fourth-order valence-corrected chi connectivity index (χ4v) is 3.79. The van der Waals surface area contributed by atoms with E-state index < -0.39 is 0 Å². The minimum atomic E-state index is -0.314. The van der Waals surface area contributed by atoms with Gasteiger partial charge in [-0.05, 0) is 42.4 Å². The number of fused-ring (bicyclic) bond motifs is 1. The zero-order valence-corrected chi connectivity index (χ0v) is 13.7. The molecular weight excluding hydrogens is 262 g/mol. The van der Waals surface area contributed by atoms with Gasteiger partial charge in [0.25, 0.3) is 0 Å². The second-order valence-corrected chi connectivity index (χ2v) is 6.47. The summed E-state index contributed by atoms with van der Waals surface area (Å²) in [7, 11) is 0. The van der Waals surface area contributed by atoms with Crippen molar-refractivity contribution in [3.63, 3.8) is 0 Å². The zero-order chi connectivity index (χ0) is 15.6. The highest BCUT2D eigenvalue weighted by atomic mass is 16.3. The van der Waals surface area contributed by atoms with Crippen molar-refractivity contribution < 1.29 is 10.2 Å². The van der Waals surface area contributed by atoms with Crippen molar-refractivity contribution in [2.24, 2.45) is 5.92 Å². The van der Waals surface area contributed by atoms with Crippen LogP contribution in [0.25, 0.3) is 0 Å². The van der Waals surface area contributed by atoms with E-state index in [1.165, 1.54) is 11.1 Å². The lowest BCUT2D eigenvalue weighted by Crippen LogP contribution is -2.34. The van der Waals surface area contributed by atoms with E-state index in [9.17, 15) is 10.2 Å². The van der Waals surface area contributed by atoms with Crippen LogP contribution in [0.15, 0.2) is 12.1 Å². The van der Waals surface area contributed by atoms with Gasteiger partial charge in [-0.25, -0.2) is 0 Å². The summed E-state index contributed by atoms with van der Waals surface area (Å²) < 4.78 is 0. The second-order valence-electron chi connectivity index (χ2n) is 6.47. The average molecular weight is 291 g/mol. The standard InChI is InChI=1S/C18H29NO2/c1-5-13(6-2)16(21)10-19-14-9-12(4)17-11(3)7-8-15(20)18(14)17/h7-8,12-14,16,19-21H,5-6,9-10H2,1-4H3. The van der Waals surface area contributed by atoms with Crippen LogP contribution in [0.4, 0.5) is 0 Å². The first-order valence-electron chi connectivity index (χ1n) is 8.23. The Hall–Kier alpha value is -1.06. The van der Waals surface area contributed by atoms with Gasteiger partial charge in [-0.3, -0.25) is 0 Å². The van der Waals surface area contributed by atoms with Crippen molar-refractivity contribution in [2.45, 2.75) is 65.0 Å². The van der Waals surface area contributed by atoms with Gasteiger partial charge in [0.1, 0.15) is 5.75 Å². The molecule has 1 aromatic carbocycles. The normalized spacial score (nSPS) is 22.6. The van der Waals surface area contributed by atoms with Crippen molar-refractivity contribution in [2.75, 3.05) is 6.54 Å². The molecule has 3 heteroatoms. The van der Waals surface area contributed by atoms with Crippen LogP contribution in [0, 0.1) is 12.8 Å². The number of phenolic OH excluding ortho intramolecular Hbond substituents is 1. The number of aliphatic hydroxyl groups is 1. The molecule has 1 aromatic rings. The lowest BCUT2D eigenvalue weighted by Gasteiger charge is -2.23. The first kappa shape index (κ1) is 16.3. The Balaban J connectivity index is 2.10. The first-order chi connectivity index (χ1) is 9.99. The summed E-state index contributed by atoms with van der Waals surface area (Å²) >= 11 is 0. The summed E-state index contributed by atoms with van der Waals surface area (Å²) in [6, 6.07) is 3.93. The van der Waals surface area contributed by atoms with Gasteiger partial charge in [-0.2, -0.15) is 0 Å². The zero-order valence-electron chi connectivity index (χ0n) is 13.7. The van der Waals surface area contributed by atoms with Crippen LogP contribution in [0.3, 0.4) is 0 Å². The van der Waals surface area contributed by atoms with E-state index >= 15 is 0 Å². The second kappa shape index (κ2) is 6.80. The number of hydrogen-bond donors (Lipinski definition) is 3. The monoisotopic (exact) mass is 291 g/mol. The molecule has 3 N–H and O–H groups in total. The molecule has 0 amide bonds. The number of hydrogen-bond acceptors (Lipinski definition) is 3. The Labute approximate surface area is 128 Å². The highest BCUT2D eigenvalue weighted by molar-refractivity contribution is 5.50. The molecule has 21 heavy (non-hydrogen) atoms. The Morgan fingerprint density at radius 3 is 2.52 bits per heavy atom. The number of aromatic hydroxyl groups is 1. The van der Waals surface area contributed by atoms with Crippen LogP contribution >= 0.6 is 0 Å². The van der Waals surface area contributed by atoms with Gasteiger partial charge in [0.2, 0.25) is 0 Å². The first-order valence-corrected chi connectivity index (χ1v) is 8.23. The lowest BCUT2D eigenvalue weighted by atomic mass is 9.96. The summed E-state index contributed by atoms with van der Waals surface area (Å²) in [6.45, 7) is 9.16. The number of nitrogens with one attached hydrogen (secondary N) is 1. The van der Waals surface area contributed by atoms with Crippen LogP contribution < -0.4 is 5.32 Å². The molecule has 1 aliphatic carbocycles. The van der Waals surface area contributed by atoms with E-state index in [1.54, 1.807) is 6.07 Å². The van der Waals surface area contributed by atoms with Gasteiger partial charge >= 0.3 is 0 Å². The quantitative estimate of drug-likeness (QED) is 0.750. The molecule has 0 radical (unpaired) electrons. The maximum atomic E-state index is 10.3. The molecule has 0 aromatic heterocycles. The minimum Gasteiger partial charge on any atom is -0.508 e. The molecule has 0 bridgehead atoms. The van der Waals surface area contributed by atoms with Gasteiger partial charge < -0.3 is 15.5 Å². The fourth-order valence-electron chi connectivity index (χ4n) is 3.79. The Kier molecular flexibility index (Phi) is 5.28. The van der Waals surface area contributed by atoms with E-state index in [-0.39, 0.29) is 12.1 Å². The van der Waals surface area contributed by atoms with Gasteiger partial charge in [0, 0.05) is 18.2 Å². The SMILES string of the molecule is CCC(CC)C(O)CNC1CC(C)c2c(C)ccc(O)c21. The fraction of sp³-hybridized carbons (Fsp3) is 0.667. The van der Waals surface area contributed by atoms with E-state index in [0.717, 1.165) is 24.8 Å². The lowest BCUT2D eigenvalue weighted by molar-refractivity contribution is 0.0980. The highest BCUT2D eigenvalue weighted by Gasteiger charge is 2.32. The summed E-state index contributed by atoms with van der Waals surface area (Å²) in [4.78, 5) is 0. The number of phenols is 1. The van der Waals surface area contributed by atoms with Crippen molar-refractivity contribution >= 4 is 0 Å². The van der Waals surface area contributed by atoms with E-state index in [4.69, 9.17) is 0 Å². The third-order valence-electron chi connectivity index (χ3n) is 5.08. The van der Waals surface area contributed by atoms with E-state index in [2.05, 4.69) is 33.0 Å². The highest BCUT2D eigenvalue weighted by Crippen LogP contribution is 2.45. The van der Waals surface area contributed by atoms with Gasteiger partial charge in [0.15, 0.2) is 0 Å². The third-order valence-corrected chi connectivity index (χ3v) is 5.08. The molecule has 118 valence electrons. The van der Waals surface area contributed by atoms with E-state index in [1.807, 2.05) is 6.07 Å². The maximum absolute atomic E-state index is 10.3. The molecular formula is C18H29NO2.